The maximum absolute atomic E-state index is 12.7. The van der Waals surface area contributed by atoms with Crippen LogP contribution in [0.2, 0.25) is 0 Å². The predicted molar refractivity (Wildman–Crippen MR) is 106 cm³/mol. The number of aliphatic imine (C=N–C) groups is 1. The highest BCUT2D eigenvalue weighted by atomic mass is 32.1. The first-order valence-corrected chi connectivity index (χ1v) is 10.7. The summed E-state index contributed by atoms with van der Waals surface area (Å²) in [5, 5.41) is 7.84. The number of thiazole rings is 1. The lowest BCUT2D eigenvalue weighted by Gasteiger charge is -2.26. The van der Waals surface area contributed by atoms with Gasteiger partial charge in [0.05, 0.1) is 6.54 Å². The smallest absolute Gasteiger partial charge is 0.225 e. The number of aryl methyl sites for hydroxylation is 1. The third-order valence-corrected chi connectivity index (χ3v) is 6.08. The first-order chi connectivity index (χ1) is 12.7. The van der Waals surface area contributed by atoms with Gasteiger partial charge in [0.2, 0.25) is 5.91 Å². The third-order valence-electron chi connectivity index (χ3n) is 5.18. The van der Waals surface area contributed by atoms with Crippen molar-refractivity contribution in [3.63, 3.8) is 0 Å². The van der Waals surface area contributed by atoms with Crippen LogP contribution in [0, 0.1) is 12.8 Å². The molecule has 1 saturated heterocycles. The second kappa shape index (κ2) is 9.35. The van der Waals surface area contributed by atoms with Gasteiger partial charge in [0.1, 0.15) is 5.01 Å². The summed E-state index contributed by atoms with van der Waals surface area (Å²) in [5.41, 5.74) is 0. The summed E-state index contributed by atoms with van der Waals surface area (Å²) < 4.78 is 0. The van der Waals surface area contributed by atoms with E-state index in [4.69, 9.17) is 0 Å². The minimum Gasteiger partial charge on any atom is -0.357 e. The van der Waals surface area contributed by atoms with Crippen molar-refractivity contribution in [2.45, 2.75) is 65.0 Å². The van der Waals surface area contributed by atoms with Gasteiger partial charge < -0.3 is 15.5 Å². The maximum Gasteiger partial charge on any atom is 0.225 e. The fourth-order valence-corrected chi connectivity index (χ4v) is 4.53. The molecule has 0 spiro atoms. The quantitative estimate of drug-likeness (QED) is 0.611. The fraction of sp³-hybridized carbons (Fsp3) is 0.737. The van der Waals surface area contributed by atoms with Gasteiger partial charge in [-0.3, -0.25) is 4.79 Å². The zero-order chi connectivity index (χ0) is 18.4. The Morgan fingerprint density at radius 3 is 2.85 bits per heavy atom. The Labute approximate surface area is 160 Å². The average molecular weight is 378 g/mol. The van der Waals surface area contributed by atoms with Gasteiger partial charge in [-0.2, -0.15) is 0 Å². The Bertz CT molecular complexity index is 623. The molecule has 144 valence electrons. The van der Waals surface area contributed by atoms with Crippen molar-refractivity contribution in [1.82, 2.24) is 20.5 Å². The molecule has 1 aromatic rings. The zero-order valence-corrected chi connectivity index (χ0v) is 16.8. The molecule has 0 aromatic carbocycles. The molecule has 6 nitrogen and oxygen atoms in total. The van der Waals surface area contributed by atoms with Gasteiger partial charge in [-0.1, -0.05) is 19.3 Å². The highest BCUT2D eigenvalue weighted by Gasteiger charge is 2.31. The molecule has 1 aliphatic carbocycles. The second-order valence-electron chi connectivity index (χ2n) is 7.31. The number of hydrogen-bond donors (Lipinski definition) is 2. The van der Waals surface area contributed by atoms with E-state index in [-0.39, 0.29) is 12.0 Å². The number of nitrogens with one attached hydrogen (secondary N) is 2. The van der Waals surface area contributed by atoms with Crippen LogP contribution in [0.25, 0.3) is 0 Å². The normalized spacial score (nSPS) is 21.8. The maximum atomic E-state index is 12.7. The SMILES string of the molecule is CCNC(=NCc1ncc(C)s1)NC1CCN(C(=O)C2CCCCC2)C1. The number of hydrogen-bond acceptors (Lipinski definition) is 4. The standard InChI is InChI=1S/C19H31N5OS/c1-3-20-19(22-12-17-21-11-14(2)26-17)23-16-9-10-24(13-16)18(25)15-7-5-4-6-8-15/h11,15-16H,3-10,12-13H2,1-2H3,(H2,20,22,23). The van der Waals surface area contributed by atoms with Gasteiger partial charge in [0.25, 0.3) is 0 Å². The van der Waals surface area contributed by atoms with E-state index >= 15 is 0 Å². The number of aromatic nitrogens is 1. The fourth-order valence-electron chi connectivity index (χ4n) is 3.82. The molecule has 1 atom stereocenters. The molecule has 1 saturated carbocycles. The molecule has 3 rings (SSSR count). The molecule has 2 fully saturated rings. The highest BCUT2D eigenvalue weighted by molar-refractivity contribution is 7.11. The number of nitrogens with zero attached hydrogens (tertiary/aromatic N) is 3. The Balaban J connectivity index is 1.52. The van der Waals surface area contributed by atoms with Gasteiger partial charge in [0.15, 0.2) is 5.96 Å². The van der Waals surface area contributed by atoms with Crippen LogP contribution in [0.1, 0.15) is 55.3 Å². The van der Waals surface area contributed by atoms with Crippen LogP contribution in [0.3, 0.4) is 0 Å². The molecule has 1 amide bonds. The second-order valence-corrected chi connectivity index (χ2v) is 8.63. The van der Waals surface area contributed by atoms with Gasteiger partial charge in [-0.05, 0) is 33.1 Å². The minimum atomic E-state index is 0.262. The van der Waals surface area contributed by atoms with E-state index in [1.54, 1.807) is 11.3 Å². The molecule has 2 aliphatic rings. The number of carbonyl (C=O) groups is 1. The lowest BCUT2D eigenvalue weighted by Crippen LogP contribution is -2.45. The molecule has 2 heterocycles. The van der Waals surface area contributed by atoms with Crippen LogP contribution in [0.5, 0.6) is 0 Å². The van der Waals surface area contributed by atoms with Crippen molar-refractivity contribution in [2.75, 3.05) is 19.6 Å². The minimum absolute atomic E-state index is 0.262. The number of carbonyl (C=O) groups excluding carboxylic acids is 1. The van der Waals surface area contributed by atoms with Gasteiger partial charge in [-0.25, -0.2) is 9.98 Å². The molecular weight excluding hydrogens is 346 g/mol. The van der Waals surface area contributed by atoms with Crippen molar-refractivity contribution in [3.05, 3.63) is 16.1 Å². The summed E-state index contributed by atoms with van der Waals surface area (Å²) in [5.74, 6) is 1.45. The molecule has 7 heteroatoms. The van der Waals surface area contributed by atoms with E-state index in [1.807, 2.05) is 6.20 Å². The summed E-state index contributed by atoms with van der Waals surface area (Å²) in [6.45, 7) is 7.18. The van der Waals surface area contributed by atoms with Crippen molar-refractivity contribution >= 4 is 23.2 Å². The number of amides is 1. The lowest BCUT2D eigenvalue weighted by molar-refractivity contribution is -0.135. The van der Waals surface area contributed by atoms with Crippen molar-refractivity contribution < 1.29 is 4.79 Å². The number of likely N-dealkylation sites (tertiary alicyclic amines) is 1. The van der Waals surface area contributed by atoms with E-state index < -0.39 is 0 Å². The Kier molecular flexibility index (Phi) is 6.88. The molecule has 1 aromatic heterocycles. The van der Waals surface area contributed by atoms with Crippen LogP contribution in [-0.2, 0) is 11.3 Å². The van der Waals surface area contributed by atoms with Crippen molar-refractivity contribution in [2.24, 2.45) is 10.9 Å². The van der Waals surface area contributed by atoms with E-state index in [0.717, 1.165) is 49.9 Å². The van der Waals surface area contributed by atoms with Gasteiger partial charge >= 0.3 is 0 Å². The van der Waals surface area contributed by atoms with Crippen LogP contribution in [0.15, 0.2) is 11.2 Å². The molecule has 1 aliphatic heterocycles. The highest BCUT2D eigenvalue weighted by Crippen LogP contribution is 2.26. The monoisotopic (exact) mass is 377 g/mol. The Morgan fingerprint density at radius 1 is 1.35 bits per heavy atom. The Morgan fingerprint density at radius 2 is 2.15 bits per heavy atom. The van der Waals surface area contributed by atoms with Crippen LogP contribution in [0.4, 0.5) is 0 Å². The van der Waals surface area contributed by atoms with E-state index in [0.29, 0.717) is 12.5 Å². The van der Waals surface area contributed by atoms with Gasteiger partial charge in [0, 0.05) is 42.7 Å². The topological polar surface area (TPSA) is 69.6 Å². The average Bonchev–Trinajstić information content (AvgIpc) is 3.29. The zero-order valence-electron chi connectivity index (χ0n) is 16.0. The van der Waals surface area contributed by atoms with E-state index in [1.165, 1.54) is 24.1 Å². The molecule has 2 N–H and O–H groups in total. The van der Waals surface area contributed by atoms with Crippen LogP contribution < -0.4 is 10.6 Å². The molecular formula is C19H31N5OS. The third kappa shape index (κ3) is 5.19. The summed E-state index contributed by atoms with van der Waals surface area (Å²) in [6.07, 6.45) is 8.73. The summed E-state index contributed by atoms with van der Waals surface area (Å²) in [7, 11) is 0. The molecule has 26 heavy (non-hydrogen) atoms. The first kappa shape index (κ1) is 19.1. The van der Waals surface area contributed by atoms with Crippen LogP contribution >= 0.6 is 11.3 Å². The first-order valence-electron chi connectivity index (χ1n) is 9.90. The predicted octanol–water partition coefficient (Wildman–Crippen LogP) is 2.69. The molecule has 0 bridgehead atoms. The largest absolute Gasteiger partial charge is 0.357 e. The molecule has 1 unspecified atom stereocenters. The summed E-state index contributed by atoms with van der Waals surface area (Å²) in [6, 6.07) is 0.276. The summed E-state index contributed by atoms with van der Waals surface area (Å²) >= 11 is 1.68. The van der Waals surface area contributed by atoms with E-state index in [9.17, 15) is 4.79 Å². The van der Waals surface area contributed by atoms with E-state index in [2.05, 4.69) is 39.4 Å². The van der Waals surface area contributed by atoms with Crippen molar-refractivity contribution in [3.8, 4) is 0 Å². The van der Waals surface area contributed by atoms with Crippen molar-refractivity contribution in [1.29, 1.82) is 0 Å². The number of guanidine groups is 1. The number of rotatable bonds is 5. The van der Waals surface area contributed by atoms with Crippen LogP contribution in [-0.4, -0.2) is 47.4 Å². The lowest BCUT2D eigenvalue weighted by atomic mass is 9.88. The summed E-state index contributed by atoms with van der Waals surface area (Å²) in [4.78, 5) is 25.0. The molecule has 0 radical (unpaired) electrons. The Hall–Kier alpha value is -1.63. The van der Waals surface area contributed by atoms with Gasteiger partial charge in [-0.15, -0.1) is 11.3 Å².